The predicted molar refractivity (Wildman–Crippen MR) is 252 cm³/mol. The maximum atomic E-state index is 13.5. The Hall–Kier alpha value is -6.58. The van der Waals surface area contributed by atoms with Gasteiger partial charge in [0, 0.05) is 35.7 Å². The van der Waals surface area contributed by atoms with Crippen LogP contribution in [0, 0.1) is 0 Å². The van der Waals surface area contributed by atoms with Gasteiger partial charge in [0.05, 0.1) is 36.2 Å². The third-order valence-corrected chi connectivity index (χ3v) is 14.4. The standard InChI is InChI=1S/2C26H25NO5S/c2*1-2-18-8-3-5-10-21(18)26(25-16-19-9-4-6-11-22(19)32-25)27-33(28,29)20-12-13-23-24(17-20)31-15-7-14-30-23/h2*3-6,8-13,16-17,26-27H,2,7,14-15H2,1H3/t2*26-/m10/s1. The number of sulfonamides is 2. The molecule has 8 aromatic rings. The van der Waals surface area contributed by atoms with E-state index in [4.69, 9.17) is 27.8 Å². The Bertz CT molecular complexity index is 2930. The van der Waals surface area contributed by atoms with E-state index in [2.05, 4.69) is 9.44 Å². The third-order valence-electron chi connectivity index (χ3n) is 11.6. The van der Waals surface area contributed by atoms with E-state index in [1.54, 1.807) is 12.1 Å². The van der Waals surface area contributed by atoms with Gasteiger partial charge in [-0.3, -0.25) is 0 Å². The molecular weight excluding hydrogens is 877 g/mol. The average molecular weight is 927 g/mol. The van der Waals surface area contributed by atoms with Crippen LogP contribution in [0.1, 0.15) is 72.5 Å². The molecule has 0 fully saturated rings. The van der Waals surface area contributed by atoms with Gasteiger partial charge in [-0.15, -0.1) is 0 Å². The van der Waals surface area contributed by atoms with E-state index in [1.807, 2.05) is 123 Å². The summed E-state index contributed by atoms with van der Waals surface area (Å²) in [5, 5.41) is 1.84. The molecule has 0 saturated heterocycles. The molecule has 2 aromatic heterocycles. The quantitative estimate of drug-likeness (QED) is 0.121. The number of hydrogen-bond acceptors (Lipinski definition) is 10. The van der Waals surface area contributed by atoms with Crippen LogP contribution in [0.4, 0.5) is 0 Å². The third kappa shape index (κ3) is 9.68. The normalized spacial score (nSPS) is 14.7. The topological polar surface area (TPSA) is 156 Å². The van der Waals surface area contributed by atoms with Crippen molar-refractivity contribution in [3.05, 3.63) is 179 Å². The first-order chi connectivity index (χ1) is 32.1. The molecule has 2 aliphatic rings. The van der Waals surface area contributed by atoms with E-state index in [-0.39, 0.29) is 9.79 Å². The first kappa shape index (κ1) is 44.6. The van der Waals surface area contributed by atoms with Crippen LogP contribution < -0.4 is 28.4 Å². The van der Waals surface area contributed by atoms with Gasteiger partial charge in [-0.25, -0.2) is 16.8 Å². The number of benzene rings is 6. The van der Waals surface area contributed by atoms with Crippen LogP contribution in [0.3, 0.4) is 0 Å². The summed E-state index contributed by atoms with van der Waals surface area (Å²) in [6.45, 7) is 6.14. The van der Waals surface area contributed by atoms with Crippen molar-refractivity contribution in [2.75, 3.05) is 26.4 Å². The Balaban J connectivity index is 0.000000166. The molecule has 0 saturated carbocycles. The highest BCUT2D eigenvalue weighted by Gasteiger charge is 2.30. The minimum Gasteiger partial charge on any atom is -0.490 e. The largest absolute Gasteiger partial charge is 0.490 e. The molecule has 0 radical (unpaired) electrons. The Morgan fingerprint density at radius 1 is 0.455 bits per heavy atom. The van der Waals surface area contributed by atoms with Crippen molar-refractivity contribution in [2.24, 2.45) is 0 Å². The van der Waals surface area contributed by atoms with Crippen molar-refractivity contribution in [1.29, 1.82) is 0 Å². The molecule has 12 nitrogen and oxygen atoms in total. The van der Waals surface area contributed by atoms with Crippen LogP contribution in [-0.4, -0.2) is 43.3 Å². The molecule has 4 heterocycles. The fraction of sp³-hybridized carbons (Fsp3) is 0.231. The van der Waals surface area contributed by atoms with Gasteiger partial charge in [-0.05, 0) is 83.6 Å². The Morgan fingerprint density at radius 2 is 0.833 bits per heavy atom. The molecule has 0 amide bonds. The number of fused-ring (bicyclic) bond motifs is 4. The molecule has 66 heavy (non-hydrogen) atoms. The minimum atomic E-state index is -3.91. The highest BCUT2D eigenvalue weighted by atomic mass is 32.2. The van der Waals surface area contributed by atoms with Crippen molar-refractivity contribution in [3.8, 4) is 23.0 Å². The summed E-state index contributed by atoms with van der Waals surface area (Å²) in [6.07, 6.45) is 3.02. The second kappa shape index (κ2) is 19.5. The fourth-order valence-electron chi connectivity index (χ4n) is 8.18. The predicted octanol–water partition coefficient (Wildman–Crippen LogP) is 10.4. The average Bonchev–Trinajstić information content (AvgIpc) is 3.80. The molecule has 14 heteroatoms. The van der Waals surface area contributed by atoms with Crippen molar-refractivity contribution >= 4 is 42.0 Å². The number of ether oxygens (including phenoxy) is 4. The molecular formula is C52H50N2O10S2. The molecule has 0 unspecified atom stereocenters. The second-order valence-electron chi connectivity index (χ2n) is 15.9. The number of nitrogens with one attached hydrogen (secondary N) is 2. The van der Waals surface area contributed by atoms with Crippen LogP contribution in [0.2, 0.25) is 0 Å². The molecule has 6 aromatic carbocycles. The lowest BCUT2D eigenvalue weighted by Crippen LogP contribution is -2.30. The number of rotatable bonds is 12. The van der Waals surface area contributed by atoms with Crippen LogP contribution >= 0.6 is 0 Å². The van der Waals surface area contributed by atoms with Crippen LogP contribution in [0.25, 0.3) is 21.9 Å². The highest BCUT2D eigenvalue weighted by molar-refractivity contribution is 7.89. The van der Waals surface area contributed by atoms with Crippen molar-refractivity contribution in [3.63, 3.8) is 0 Å². The molecule has 0 aliphatic carbocycles. The van der Waals surface area contributed by atoms with E-state index in [0.717, 1.165) is 58.7 Å². The van der Waals surface area contributed by atoms with Gasteiger partial charge in [0.1, 0.15) is 34.8 Å². The van der Waals surface area contributed by atoms with E-state index in [1.165, 1.54) is 24.3 Å². The van der Waals surface area contributed by atoms with E-state index in [0.29, 0.717) is 72.1 Å². The van der Waals surface area contributed by atoms with E-state index >= 15 is 0 Å². The molecule has 340 valence electrons. The van der Waals surface area contributed by atoms with Gasteiger partial charge in [0.25, 0.3) is 0 Å². The van der Waals surface area contributed by atoms with Crippen molar-refractivity contribution in [2.45, 2.75) is 61.4 Å². The first-order valence-corrected chi connectivity index (χ1v) is 25.0. The van der Waals surface area contributed by atoms with Gasteiger partial charge in [0.2, 0.25) is 20.0 Å². The summed E-state index contributed by atoms with van der Waals surface area (Å²) in [7, 11) is -7.82. The van der Waals surface area contributed by atoms with Crippen molar-refractivity contribution in [1.82, 2.24) is 9.44 Å². The maximum absolute atomic E-state index is 13.5. The summed E-state index contributed by atoms with van der Waals surface area (Å²) >= 11 is 0. The second-order valence-corrected chi connectivity index (χ2v) is 19.3. The van der Waals surface area contributed by atoms with E-state index < -0.39 is 32.1 Å². The number of aryl methyl sites for hydroxylation is 2. The highest BCUT2D eigenvalue weighted by Crippen LogP contribution is 2.37. The lowest BCUT2D eigenvalue weighted by Gasteiger charge is -2.20. The van der Waals surface area contributed by atoms with Crippen molar-refractivity contribution < 1.29 is 44.6 Å². The maximum Gasteiger partial charge on any atom is 0.241 e. The Kier molecular flexibility index (Phi) is 13.2. The molecule has 10 rings (SSSR count). The SMILES string of the molecule is CCc1ccccc1[C@@H](NS(=O)(=O)c1ccc2c(c1)OCCCO2)c1cc2ccccc2o1.CCc1ccccc1[C@H](NS(=O)(=O)c1ccc2c(c1)OCCCO2)c1cc2ccccc2o1. The number of furan rings is 2. The number of para-hydroxylation sites is 2. The van der Waals surface area contributed by atoms with Gasteiger partial charge >= 0.3 is 0 Å². The molecule has 0 bridgehead atoms. The monoisotopic (exact) mass is 926 g/mol. The van der Waals surface area contributed by atoms with Crippen LogP contribution in [0.15, 0.2) is 164 Å². The lowest BCUT2D eigenvalue weighted by atomic mass is 9.97. The summed E-state index contributed by atoms with van der Waals surface area (Å²) < 4.78 is 94.8. The first-order valence-electron chi connectivity index (χ1n) is 22.1. The molecule has 0 spiro atoms. The van der Waals surface area contributed by atoms with Gasteiger partial charge in [0.15, 0.2) is 23.0 Å². The number of hydrogen-bond donors (Lipinski definition) is 2. The summed E-state index contributed by atoms with van der Waals surface area (Å²) in [5.41, 5.74) is 5.23. The van der Waals surface area contributed by atoms with Gasteiger partial charge in [-0.1, -0.05) is 98.8 Å². The molecule has 2 atom stereocenters. The zero-order chi connectivity index (χ0) is 45.7. The Labute approximate surface area is 384 Å². The fourth-order valence-corrected chi connectivity index (χ4v) is 10.6. The zero-order valence-electron chi connectivity index (χ0n) is 36.6. The summed E-state index contributed by atoms with van der Waals surface area (Å²) in [6, 6.07) is 42.7. The van der Waals surface area contributed by atoms with Gasteiger partial charge in [-0.2, -0.15) is 9.44 Å². The molecule has 2 N–H and O–H groups in total. The Morgan fingerprint density at radius 3 is 1.24 bits per heavy atom. The molecule has 2 aliphatic heterocycles. The zero-order valence-corrected chi connectivity index (χ0v) is 38.2. The lowest BCUT2D eigenvalue weighted by molar-refractivity contribution is 0.296. The summed E-state index contributed by atoms with van der Waals surface area (Å²) in [4.78, 5) is 0.226. The van der Waals surface area contributed by atoms with E-state index in [9.17, 15) is 16.8 Å². The van der Waals surface area contributed by atoms with Crippen LogP contribution in [-0.2, 0) is 32.9 Å². The van der Waals surface area contributed by atoms with Gasteiger partial charge < -0.3 is 27.8 Å². The minimum absolute atomic E-state index is 0.113. The summed E-state index contributed by atoms with van der Waals surface area (Å²) in [5.74, 6) is 3.05. The smallest absolute Gasteiger partial charge is 0.241 e. The van der Waals surface area contributed by atoms with Crippen LogP contribution in [0.5, 0.6) is 23.0 Å².